The monoisotopic (exact) mass is 212 g/mol. The third-order valence-corrected chi connectivity index (χ3v) is 3.44. The van der Waals surface area contributed by atoms with Crippen LogP contribution in [-0.2, 0) is 4.74 Å². The lowest BCUT2D eigenvalue weighted by molar-refractivity contribution is 0.195. The Morgan fingerprint density at radius 3 is 2.88 bits per heavy atom. The van der Waals surface area contributed by atoms with E-state index in [0.717, 1.165) is 26.1 Å². The van der Waals surface area contributed by atoms with Gasteiger partial charge in [0.2, 0.25) is 0 Å². The molecule has 1 aliphatic carbocycles. The van der Waals surface area contributed by atoms with E-state index < -0.39 is 0 Å². The van der Waals surface area contributed by atoms with Gasteiger partial charge in [-0.1, -0.05) is 42.5 Å². The van der Waals surface area contributed by atoms with Crippen molar-refractivity contribution in [2.75, 3.05) is 13.2 Å². The van der Waals surface area contributed by atoms with E-state index in [2.05, 4.69) is 42.5 Å². The maximum atomic E-state index is 5.59. The second-order valence-corrected chi connectivity index (χ2v) is 4.46. The smallest absolute Gasteiger partial charge is 0.0689 e. The van der Waals surface area contributed by atoms with Crippen LogP contribution < -0.4 is 0 Å². The maximum Gasteiger partial charge on any atom is 0.0689 e. The number of fused-ring (bicyclic) bond motifs is 1. The van der Waals surface area contributed by atoms with Gasteiger partial charge in [0.1, 0.15) is 0 Å². The molecule has 1 saturated heterocycles. The zero-order valence-corrected chi connectivity index (χ0v) is 9.36. The van der Waals surface area contributed by atoms with Crippen molar-refractivity contribution in [1.82, 2.24) is 0 Å². The van der Waals surface area contributed by atoms with Crippen LogP contribution in [-0.4, -0.2) is 13.2 Å². The van der Waals surface area contributed by atoms with Crippen molar-refractivity contribution in [3.63, 3.8) is 0 Å². The molecule has 0 bridgehead atoms. The van der Waals surface area contributed by atoms with Gasteiger partial charge in [-0.15, -0.1) is 0 Å². The zero-order valence-electron chi connectivity index (χ0n) is 9.36. The van der Waals surface area contributed by atoms with Crippen LogP contribution in [0.1, 0.15) is 18.4 Å². The summed E-state index contributed by atoms with van der Waals surface area (Å²) in [6.45, 7) is 1.68. The SMILES string of the molecule is C1=CC2COCC2=C(c2ccccc2)CC1. The first-order valence-corrected chi connectivity index (χ1v) is 5.97. The van der Waals surface area contributed by atoms with Crippen LogP contribution >= 0.6 is 0 Å². The average molecular weight is 212 g/mol. The van der Waals surface area contributed by atoms with E-state index in [4.69, 9.17) is 4.74 Å². The van der Waals surface area contributed by atoms with Crippen LogP contribution in [0.3, 0.4) is 0 Å². The van der Waals surface area contributed by atoms with Crippen LogP contribution in [0.4, 0.5) is 0 Å². The van der Waals surface area contributed by atoms with Crippen molar-refractivity contribution >= 4 is 5.57 Å². The average Bonchev–Trinajstić information content (AvgIpc) is 2.70. The molecule has 16 heavy (non-hydrogen) atoms. The molecule has 82 valence electrons. The molecule has 1 unspecified atom stereocenters. The Labute approximate surface area is 96.4 Å². The lowest BCUT2D eigenvalue weighted by Gasteiger charge is -2.11. The molecular formula is C15H16O. The minimum Gasteiger partial charge on any atom is -0.376 e. The van der Waals surface area contributed by atoms with Gasteiger partial charge in [-0.05, 0) is 29.6 Å². The maximum absolute atomic E-state index is 5.59. The molecule has 0 N–H and O–H groups in total. The van der Waals surface area contributed by atoms with Crippen molar-refractivity contribution in [1.29, 1.82) is 0 Å². The molecule has 1 fully saturated rings. The van der Waals surface area contributed by atoms with Crippen LogP contribution in [0.15, 0.2) is 48.1 Å². The van der Waals surface area contributed by atoms with Gasteiger partial charge in [0.05, 0.1) is 13.2 Å². The molecule has 3 rings (SSSR count). The van der Waals surface area contributed by atoms with Crippen molar-refractivity contribution in [2.45, 2.75) is 12.8 Å². The van der Waals surface area contributed by atoms with Gasteiger partial charge in [0, 0.05) is 5.92 Å². The Balaban J connectivity index is 2.05. The summed E-state index contributed by atoms with van der Waals surface area (Å²) >= 11 is 0. The Bertz CT molecular complexity index is 428. The predicted octanol–water partition coefficient (Wildman–Crippen LogP) is 3.44. The molecule has 2 aliphatic rings. The molecule has 1 nitrogen and oxygen atoms in total. The van der Waals surface area contributed by atoms with E-state index in [9.17, 15) is 0 Å². The summed E-state index contributed by atoms with van der Waals surface area (Å²) in [5.41, 5.74) is 4.38. The molecule has 1 heteroatoms. The van der Waals surface area contributed by atoms with Gasteiger partial charge >= 0.3 is 0 Å². The lowest BCUT2D eigenvalue weighted by Crippen LogP contribution is -1.99. The number of rotatable bonds is 1. The summed E-state index contributed by atoms with van der Waals surface area (Å²) in [5, 5.41) is 0. The second kappa shape index (κ2) is 4.26. The third-order valence-electron chi connectivity index (χ3n) is 3.44. The lowest BCUT2D eigenvalue weighted by atomic mass is 9.92. The molecule has 1 aromatic carbocycles. The van der Waals surface area contributed by atoms with Crippen LogP contribution in [0.2, 0.25) is 0 Å². The standard InChI is InChI=1S/C15H16O/c1-2-6-12(7-3-1)14-9-5-4-8-13-10-16-11-15(13)14/h1-4,6-8,13H,5,9-11H2. The zero-order chi connectivity index (χ0) is 10.8. The quantitative estimate of drug-likeness (QED) is 0.648. The highest BCUT2D eigenvalue weighted by Crippen LogP contribution is 2.34. The highest BCUT2D eigenvalue weighted by molar-refractivity contribution is 5.70. The number of hydrogen-bond acceptors (Lipinski definition) is 1. The van der Waals surface area contributed by atoms with Crippen molar-refractivity contribution < 1.29 is 4.74 Å². The summed E-state index contributed by atoms with van der Waals surface area (Å²) in [6.07, 6.45) is 6.92. The summed E-state index contributed by atoms with van der Waals surface area (Å²) in [4.78, 5) is 0. The Hall–Kier alpha value is -1.34. The fraction of sp³-hybridized carbons (Fsp3) is 0.333. The molecule has 0 spiro atoms. The third kappa shape index (κ3) is 1.72. The van der Waals surface area contributed by atoms with Gasteiger partial charge in [0.25, 0.3) is 0 Å². The second-order valence-electron chi connectivity index (χ2n) is 4.46. The predicted molar refractivity (Wildman–Crippen MR) is 66.0 cm³/mol. The number of allylic oxidation sites excluding steroid dienone is 2. The Morgan fingerprint density at radius 1 is 1.12 bits per heavy atom. The van der Waals surface area contributed by atoms with E-state index in [-0.39, 0.29) is 0 Å². The molecule has 0 amide bonds. The van der Waals surface area contributed by atoms with E-state index in [1.54, 1.807) is 0 Å². The van der Waals surface area contributed by atoms with E-state index >= 15 is 0 Å². The first kappa shape index (κ1) is 9.86. The number of hydrogen-bond donors (Lipinski definition) is 0. The van der Waals surface area contributed by atoms with Gasteiger partial charge < -0.3 is 4.74 Å². The minimum absolute atomic E-state index is 0.526. The van der Waals surface area contributed by atoms with Gasteiger partial charge in [-0.2, -0.15) is 0 Å². The van der Waals surface area contributed by atoms with Crippen molar-refractivity contribution in [2.24, 2.45) is 5.92 Å². The number of ether oxygens (including phenoxy) is 1. The first-order chi connectivity index (χ1) is 7.95. The molecule has 0 aromatic heterocycles. The first-order valence-electron chi connectivity index (χ1n) is 5.97. The molecule has 1 aliphatic heterocycles. The number of benzene rings is 1. The normalized spacial score (nSPS) is 24.4. The molecular weight excluding hydrogens is 196 g/mol. The fourth-order valence-corrected chi connectivity index (χ4v) is 2.60. The molecule has 0 radical (unpaired) electrons. The van der Waals surface area contributed by atoms with Gasteiger partial charge in [-0.25, -0.2) is 0 Å². The summed E-state index contributed by atoms with van der Waals surface area (Å²) in [5.74, 6) is 0.526. The minimum atomic E-state index is 0.526. The molecule has 1 heterocycles. The largest absolute Gasteiger partial charge is 0.376 e. The highest BCUT2D eigenvalue weighted by atomic mass is 16.5. The van der Waals surface area contributed by atoms with Crippen LogP contribution in [0.25, 0.3) is 5.57 Å². The van der Waals surface area contributed by atoms with Crippen LogP contribution in [0.5, 0.6) is 0 Å². The molecule has 1 atom stereocenters. The van der Waals surface area contributed by atoms with Crippen LogP contribution in [0, 0.1) is 5.92 Å². The van der Waals surface area contributed by atoms with Crippen molar-refractivity contribution in [3.8, 4) is 0 Å². The molecule has 1 aromatic rings. The van der Waals surface area contributed by atoms with E-state index in [1.165, 1.54) is 16.7 Å². The van der Waals surface area contributed by atoms with E-state index in [1.807, 2.05) is 0 Å². The summed E-state index contributed by atoms with van der Waals surface area (Å²) in [7, 11) is 0. The summed E-state index contributed by atoms with van der Waals surface area (Å²) < 4.78 is 5.59. The molecule has 0 saturated carbocycles. The van der Waals surface area contributed by atoms with Gasteiger partial charge in [0.15, 0.2) is 0 Å². The van der Waals surface area contributed by atoms with Crippen molar-refractivity contribution in [3.05, 3.63) is 53.6 Å². The van der Waals surface area contributed by atoms with E-state index in [0.29, 0.717) is 5.92 Å². The Kier molecular flexibility index (Phi) is 2.63. The Morgan fingerprint density at radius 2 is 2.00 bits per heavy atom. The van der Waals surface area contributed by atoms with Gasteiger partial charge in [-0.3, -0.25) is 0 Å². The topological polar surface area (TPSA) is 9.23 Å². The highest BCUT2D eigenvalue weighted by Gasteiger charge is 2.24. The fourth-order valence-electron chi connectivity index (χ4n) is 2.60. The summed E-state index contributed by atoms with van der Waals surface area (Å²) in [6, 6.07) is 10.7.